The second-order valence-electron chi connectivity index (χ2n) is 6.92. The third-order valence-electron chi connectivity index (χ3n) is 4.79. The van der Waals surface area contributed by atoms with Gasteiger partial charge in [0.2, 0.25) is 0 Å². The van der Waals surface area contributed by atoms with Gasteiger partial charge in [-0.05, 0) is 61.0 Å². The molecule has 0 aliphatic carbocycles. The van der Waals surface area contributed by atoms with E-state index in [1.54, 1.807) is 24.3 Å². The fraction of sp³-hybridized carbons (Fsp3) is 0.0435. The lowest BCUT2D eigenvalue weighted by atomic mass is 10.1. The summed E-state index contributed by atoms with van der Waals surface area (Å²) < 4.78 is 21.0. The summed E-state index contributed by atoms with van der Waals surface area (Å²) >= 11 is 0. The van der Waals surface area contributed by atoms with Crippen LogP contribution in [0.25, 0.3) is 0 Å². The fourth-order valence-electron chi connectivity index (χ4n) is 3.29. The predicted molar refractivity (Wildman–Crippen MR) is 104 cm³/mol. The molecule has 0 saturated heterocycles. The molecule has 8 nitrogen and oxygen atoms in total. The Balaban J connectivity index is 1.46. The van der Waals surface area contributed by atoms with Crippen molar-refractivity contribution in [3.63, 3.8) is 0 Å². The van der Waals surface area contributed by atoms with Gasteiger partial charge in [0.25, 0.3) is 0 Å². The van der Waals surface area contributed by atoms with E-state index in [-0.39, 0.29) is 22.3 Å². The Morgan fingerprint density at radius 2 is 1.03 bits per heavy atom. The number of carbonyl (C=O) groups is 4. The highest BCUT2D eigenvalue weighted by atomic mass is 16.6. The van der Waals surface area contributed by atoms with Gasteiger partial charge in [0.05, 0.1) is 22.3 Å². The number of hydrogen-bond acceptors (Lipinski definition) is 8. The van der Waals surface area contributed by atoms with Gasteiger partial charge in [0.15, 0.2) is 11.5 Å². The van der Waals surface area contributed by atoms with Crippen LogP contribution in [0.5, 0.6) is 23.0 Å². The minimum absolute atomic E-state index is 0.124. The van der Waals surface area contributed by atoms with Crippen molar-refractivity contribution in [1.29, 1.82) is 0 Å². The normalized spacial score (nSPS) is 14.1. The molecule has 0 bridgehead atoms. The van der Waals surface area contributed by atoms with E-state index >= 15 is 0 Å². The van der Waals surface area contributed by atoms with Crippen LogP contribution in [0.1, 0.15) is 47.0 Å². The quantitative estimate of drug-likeness (QED) is 0.460. The van der Waals surface area contributed by atoms with Crippen LogP contribution in [0.2, 0.25) is 0 Å². The van der Waals surface area contributed by atoms with Crippen molar-refractivity contribution in [2.24, 2.45) is 0 Å². The highest BCUT2D eigenvalue weighted by molar-refractivity contribution is 6.15. The number of cyclic esters (lactones) is 4. The molecule has 0 amide bonds. The van der Waals surface area contributed by atoms with Crippen molar-refractivity contribution in [1.82, 2.24) is 0 Å². The van der Waals surface area contributed by atoms with Crippen molar-refractivity contribution in [2.75, 3.05) is 0 Å². The number of benzene rings is 3. The molecule has 8 heteroatoms. The van der Waals surface area contributed by atoms with Crippen LogP contribution in [0, 0.1) is 6.92 Å². The van der Waals surface area contributed by atoms with Crippen molar-refractivity contribution >= 4 is 23.9 Å². The fourth-order valence-corrected chi connectivity index (χ4v) is 3.29. The SMILES string of the molecule is Cc1ccc(Oc2ccc3c(c2)C(=O)OC3=O)c(Oc2ccc3c(c2)C(=O)OC3=O)c1. The molecular formula is C23H12O8. The summed E-state index contributed by atoms with van der Waals surface area (Å²) in [6.45, 7) is 1.87. The average molecular weight is 416 g/mol. The lowest BCUT2D eigenvalue weighted by Gasteiger charge is -2.13. The molecular weight excluding hydrogens is 404 g/mol. The molecule has 0 radical (unpaired) electrons. The van der Waals surface area contributed by atoms with Crippen LogP contribution in [-0.2, 0) is 9.47 Å². The van der Waals surface area contributed by atoms with E-state index in [2.05, 4.69) is 9.47 Å². The zero-order valence-corrected chi connectivity index (χ0v) is 16.0. The van der Waals surface area contributed by atoms with Crippen LogP contribution in [0.4, 0.5) is 0 Å². The second kappa shape index (κ2) is 6.81. The molecule has 2 heterocycles. The van der Waals surface area contributed by atoms with Crippen molar-refractivity contribution in [3.8, 4) is 23.0 Å². The van der Waals surface area contributed by atoms with E-state index in [1.165, 1.54) is 24.3 Å². The standard InChI is InChI=1S/C23H12O8/c1-11-2-7-18(28-12-3-5-14-16(9-12)22(26)30-20(14)24)19(8-11)29-13-4-6-15-17(10-13)23(27)31-21(15)25/h2-10H,1H3. The highest BCUT2D eigenvalue weighted by Crippen LogP contribution is 2.37. The smallest absolute Gasteiger partial charge is 0.347 e. The predicted octanol–water partition coefficient (Wildman–Crippen LogP) is 4.20. The van der Waals surface area contributed by atoms with Gasteiger partial charge in [0, 0.05) is 0 Å². The Morgan fingerprint density at radius 1 is 0.548 bits per heavy atom. The number of rotatable bonds is 4. The minimum Gasteiger partial charge on any atom is -0.453 e. The van der Waals surface area contributed by atoms with E-state index in [0.29, 0.717) is 23.0 Å². The van der Waals surface area contributed by atoms with Crippen LogP contribution in [0.15, 0.2) is 54.6 Å². The molecule has 0 saturated carbocycles. The first-order valence-corrected chi connectivity index (χ1v) is 9.16. The molecule has 2 aliphatic rings. The Morgan fingerprint density at radius 3 is 1.58 bits per heavy atom. The summed E-state index contributed by atoms with van der Waals surface area (Å²) in [6, 6.07) is 14.1. The molecule has 31 heavy (non-hydrogen) atoms. The first kappa shape index (κ1) is 18.6. The molecule has 0 aromatic heterocycles. The van der Waals surface area contributed by atoms with Crippen molar-refractivity contribution in [3.05, 3.63) is 82.4 Å². The van der Waals surface area contributed by atoms with Gasteiger partial charge >= 0.3 is 23.9 Å². The Labute approximate surface area is 174 Å². The summed E-state index contributed by atoms with van der Waals surface area (Å²) in [7, 11) is 0. The molecule has 0 unspecified atom stereocenters. The highest BCUT2D eigenvalue weighted by Gasteiger charge is 2.31. The topological polar surface area (TPSA) is 105 Å². The monoisotopic (exact) mass is 416 g/mol. The average Bonchev–Trinajstić information content (AvgIpc) is 3.18. The number of fused-ring (bicyclic) bond motifs is 2. The third-order valence-corrected chi connectivity index (χ3v) is 4.79. The molecule has 0 atom stereocenters. The maximum Gasteiger partial charge on any atom is 0.347 e. The zero-order chi connectivity index (χ0) is 21.7. The number of carbonyl (C=O) groups excluding carboxylic acids is 4. The zero-order valence-electron chi connectivity index (χ0n) is 16.0. The summed E-state index contributed by atoms with van der Waals surface area (Å²) in [5, 5.41) is 0. The lowest BCUT2D eigenvalue weighted by molar-refractivity contribution is 0.0425. The molecule has 2 aliphatic heterocycles. The molecule has 0 fully saturated rings. The van der Waals surface area contributed by atoms with Gasteiger partial charge in [-0.3, -0.25) is 0 Å². The van der Waals surface area contributed by atoms with E-state index in [9.17, 15) is 19.2 Å². The summed E-state index contributed by atoms with van der Waals surface area (Å²) in [5.74, 6) is -1.55. The Bertz CT molecular complexity index is 1320. The third kappa shape index (κ3) is 3.20. The second-order valence-corrected chi connectivity index (χ2v) is 6.92. The maximum absolute atomic E-state index is 11.8. The van der Waals surface area contributed by atoms with Gasteiger partial charge in [-0.15, -0.1) is 0 Å². The lowest BCUT2D eigenvalue weighted by Crippen LogP contribution is -1.97. The van der Waals surface area contributed by atoms with E-state index < -0.39 is 23.9 Å². The summed E-state index contributed by atoms with van der Waals surface area (Å²) in [5.41, 5.74) is 1.49. The number of esters is 4. The van der Waals surface area contributed by atoms with E-state index in [0.717, 1.165) is 5.56 Å². The largest absolute Gasteiger partial charge is 0.453 e. The Kier molecular flexibility index (Phi) is 4.07. The van der Waals surface area contributed by atoms with Crippen LogP contribution >= 0.6 is 0 Å². The molecule has 5 rings (SSSR count). The number of hydrogen-bond donors (Lipinski definition) is 0. The molecule has 3 aromatic rings. The van der Waals surface area contributed by atoms with E-state index in [4.69, 9.17) is 9.47 Å². The maximum atomic E-state index is 11.8. The summed E-state index contributed by atoms with van der Waals surface area (Å²) in [4.78, 5) is 46.8. The molecule has 0 spiro atoms. The summed E-state index contributed by atoms with van der Waals surface area (Å²) in [6.07, 6.45) is 0. The van der Waals surface area contributed by atoms with Crippen LogP contribution in [0.3, 0.4) is 0 Å². The van der Waals surface area contributed by atoms with Crippen LogP contribution in [-0.4, -0.2) is 23.9 Å². The van der Waals surface area contributed by atoms with Gasteiger partial charge in [-0.1, -0.05) is 6.07 Å². The van der Waals surface area contributed by atoms with E-state index in [1.807, 2.05) is 13.0 Å². The van der Waals surface area contributed by atoms with Crippen molar-refractivity contribution < 1.29 is 38.1 Å². The minimum atomic E-state index is -0.731. The molecule has 152 valence electrons. The number of aryl methyl sites for hydroxylation is 1. The molecule has 0 N–H and O–H groups in total. The van der Waals surface area contributed by atoms with Gasteiger partial charge in [-0.25, -0.2) is 19.2 Å². The Hall–Kier alpha value is -4.46. The first-order valence-electron chi connectivity index (χ1n) is 9.16. The van der Waals surface area contributed by atoms with Gasteiger partial charge in [-0.2, -0.15) is 0 Å². The van der Waals surface area contributed by atoms with Crippen LogP contribution < -0.4 is 9.47 Å². The number of ether oxygens (including phenoxy) is 4. The molecule has 3 aromatic carbocycles. The first-order chi connectivity index (χ1) is 14.9. The van der Waals surface area contributed by atoms with Gasteiger partial charge in [0.1, 0.15) is 11.5 Å². The van der Waals surface area contributed by atoms with Gasteiger partial charge < -0.3 is 18.9 Å². The van der Waals surface area contributed by atoms with Crippen molar-refractivity contribution in [2.45, 2.75) is 6.92 Å².